The minimum absolute atomic E-state index is 0.216. The number of fused-ring (bicyclic) bond motifs is 3. The van der Waals surface area contributed by atoms with Gasteiger partial charge in [-0.3, -0.25) is 4.79 Å². The Bertz CT molecular complexity index is 694. The van der Waals surface area contributed by atoms with E-state index >= 15 is 0 Å². The highest BCUT2D eigenvalue weighted by atomic mass is 32.2. The van der Waals surface area contributed by atoms with E-state index in [1.165, 1.54) is 17.3 Å². The fourth-order valence-electron chi connectivity index (χ4n) is 3.46. The van der Waals surface area contributed by atoms with Gasteiger partial charge in [-0.1, -0.05) is 36.9 Å². The van der Waals surface area contributed by atoms with Gasteiger partial charge in [-0.2, -0.15) is 5.10 Å². The lowest BCUT2D eigenvalue weighted by Crippen LogP contribution is -2.39. The molecule has 3 aliphatic heterocycles. The van der Waals surface area contributed by atoms with Crippen LogP contribution in [0.25, 0.3) is 0 Å². The number of piperidine rings is 1. The predicted molar refractivity (Wildman–Crippen MR) is 98.7 cm³/mol. The monoisotopic (exact) mass is 342 g/mol. The van der Waals surface area contributed by atoms with Gasteiger partial charge in [0.15, 0.2) is 5.17 Å². The molecule has 0 spiro atoms. The maximum atomic E-state index is 12.5. The molecule has 0 aliphatic carbocycles. The van der Waals surface area contributed by atoms with Crippen molar-refractivity contribution in [2.45, 2.75) is 32.2 Å². The number of hydrogen-bond donors (Lipinski definition) is 0. The number of thioether (sulfide) groups is 1. The number of carbonyl (C=O) groups excluding carboxylic acids is 1. The molecule has 0 saturated carbocycles. The number of likely N-dealkylation sites (tertiary alicyclic amines) is 1. The molecule has 0 aromatic heterocycles. The lowest BCUT2D eigenvalue weighted by atomic mass is 9.99. The predicted octanol–water partition coefficient (Wildman–Crippen LogP) is 3.41. The Balaban J connectivity index is 1.45. The molecule has 1 aromatic rings. The number of aliphatic imine (C=N–C) groups is 1. The summed E-state index contributed by atoms with van der Waals surface area (Å²) in [7, 11) is 0. The first-order chi connectivity index (χ1) is 11.7. The molecule has 6 heteroatoms. The van der Waals surface area contributed by atoms with Gasteiger partial charge in [0.25, 0.3) is 0 Å². The second-order valence-electron chi connectivity index (χ2n) is 6.70. The molecule has 24 heavy (non-hydrogen) atoms. The standard InChI is InChI=1S/C18H22N4OS/c1-13-7-10-21(11-8-13)17(23)12-24-18-20-15-5-3-2-4-14(15)16-6-9-19-22(16)18/h2-5,9,13,16H,6-8,10-12H2,1H3. The van der Waals surface area contributed by atoms with Crippen molar-refractivity contribution >= 4 is 34.7 Å². The Labute approximate surface area is 146 Å². The van der Waals surface area contributed by atoms with Gasteiger partial charge < -0.3 is 4.90 Å². The van der Waals surface area contributed by atoms with Crippen molar-refractivity contribution in [3.8, 4) is 0 Å². The van der Waals surface area contributed by atoms with Crippen LogP contribution in [0.15, 0.2) is 34.4 Å². The largest absolute Gasteiger partial charge is 0.342 e. The maximum Gasteiger partial charge on any atom is 0.233 e. The van der Waals surface area contributed by atoms with Gasteiger partial charge in [-0.05, 0) is 24.8 Å². The lowest BCUT2D eigenvalue weighted by molar-refractivity contribution is -0.129. The van der Waals surface area contributed by atoms with Gasteiger partial charge in [0.05, 0.1) is 17.5 Å². The van der Waals surface area contributed by atoms with Crippen LogP contribution in [0.5, 0.6) is 0 Å². The van der Waals surface area contributed by atoms with E-state index in [1.807, 2.05) is 34.3 Å². The Hall–Kier alpha value is -1.82. The second kappa shape index (κ2) is 6.59. The summed E-state index contributed by atoms with van der Waals surface area (Å²) in [5.41, 5.74) is 2.22. The van der Waals surface area contributed by atoms with Crippen LogP contribution < -0.4 is 0 Å². The van der Waals surface area contributed by atoms with Gasteiger partial charge >= 0.3 is 0 Å². The summed E-state index contributed by atoms with van der Waals surface area (Å²) in [5.74, 6) is 1.39. The maximum absolute atomic E-state index is 12.5. The number of carbonyl (C=O) groups is 1. The lowest BCUT2D eigenvalue weighted by Gasteiger charge is -2.32. The van der Waals surface area contributed by atoms with E-state index in [0.717, 1.165) is 49.1 Å². The molecule has 1 fully saturated rings. The number of amides is 1. The molecule has 3 aliphatic rings. The quantitative estimate of drug-likeness (QED) is 0.827. The molecule has 1 saturated heterocycles. The van der Waals surface area contributed by atoms with E-state index in [1.54, 1.807) is 0 Å². The molecule has 0 radical (unpaired) electrons. The van der Waals surface area contributed by atoms with Crippen LogP contribution in [-0.2, 0) is 4.79 Å². The first-order valence-corrected chi connectivity index (χ1v) is 9.61. The van der Waals surface area contributed by atoms with Gasteiger partial charge in [0.2, 0.25) is 5.91 Å². The van der Waals surface area contributed by atoms with E-state index < -0.39 is 0 Å². The smallest absolute Gasteiger partial charge is 0.233 e. The Kier molecular flexibility index (Phi) is 4.31. The number of nitrogens with zero attached hydrogens (tertiary/aromatic N) is 4. The van der Waals surface area contributed by atoms with Crippen LogP contribution in [-0.4, -0.2) is 46.0 Å². The summed E-state index contributed by atoms with van der Waals surface area (Å²) in [6, 6.07) is 8.44. The fourth-order valence-corrected chi connectivity index (χ4v) is 4.36. The van der Waals surface area contributed by atoms with E-state index in [-0.39, 0.29) is 11.9 Å². The summed E-state index contributed by atoms with van der Waals surface area (Å²) in [6.07, 6.45) is 5.07. The molecule has 0 N–H and O–H groups in total. The van der Waals surface area contributed by atoms with Gasteiger partial charge in [-0.15, -0.1) is 0 Å². The zero-order valence-electron chi connectivity index (χ0n) is 13.9. The molecule has 3 heterocycles. The molecule has 1 unspecified atom stereocenters. The fraction of sp³-hybridized carbons (Fsp3) is 0.500. The van der Waals surface area contributed by atoms with Crippen molar-refractivity contribution in [1.82, 2.24) is 9.91 Å². The van der Waals surface area contributed by atoms with Crippen LogP contribution in [0.2, 0.25) is 0 Å². The van der Waals surface area contributed by atoms with Gasteiger partial charge in [-0.25, -0.2) is 10.0 Å². The zero-order chi connectivity index (χ0) is 16.5. The number of benzene rings is 1. The number of hydrazone groups is 1. The average molecular weight is 342 g/mol. The van der Waals surface area contributed by atoms with Crippen molar-refractivity contribution in [3.63, 3.8) is 0 Å². The third kappa shape index (κ3) is 2.95. The van der Waals surface area contributed by atoms with Crippen molar-refractivity contribution in [2.75, 3.05) is 18.8 Å². The first-order valence-electron chi connectivity index (χ1n) is 8.62. The molecule has 5 nitrogen and oxygen atoms in total. The minimum Gasteiger partial charge on any atom is -0.342 e. The molecule has 126 valence electrons. The SMILES string of the molecule is CC1CCN(C(=O)CSC2=Nc3ccccc3C3CC=NN23)CC1. The summed E-state index contributed by atoms with van der Waals surface area (Å²) < 4.78 is 0. The van der Waals surface area contributed by atoms with Crippen LogP contribution in [0.3, 0.4) is 0 Å². The van der Waals surface area contributed by atoms with E-state index in [9.17, 15) is 4.79 Å². The van der Waals surface area contributed by atoms with Crippen molar-refractivity contribution in [3.05, 3.63) is 29.8 Å². The third-order valence-corrected chi connectivity index (χ3v) is 5.93. The molecular weight excluding hydrogens is 320 g/mol. The molecule has 0 bridgehead atoms. The van der Waals surface area contributed by atoms with Crippen LogP contribution in [0.1, 0.15) is 37.8 Å². The molecule has 1 amide bonds. The number of rotatable bonds is 2. The molecule has 1 aromatic carbocycles. The Morgan fingerprint density at radius 2 is 2.08 bits per heavy atom. The minimum atomic E-state index is 0.216. The number of hydrogen-bond acceptors (Lipinski definition) is 5. The highest BCUT2D eigenvalue weighted by Gasteiger charge is 2.33. The number of amidine groups is 1. The summed E-state index contributed by atoms with van der Waals surface area (Å²) in [6.45, 7) is 4.04. The highest BCUT2D eigenvalue weighted by molar-refractivity contribution is 8.14. The summed E-state index contributed by atoms with van der Waals surface area (Å²) in [4.78, 5) is 19.2. The normalized spacial score (nSPS) is 23.0. The van der Waals surface area contributed by atoms with Gasteiger partial charge in [0, 0.05) is 31.3 Å². The van der Waals surface area contributed by atoms with Crippen molar-refractivity contribution < 1.29 is 4.79 Å². The van der Waals surface area contributed by atoms with E-state index in [2.05, 4.69) is 18.1 Å². The topological polar surface area (TPSA) is 48.3 Å². The summed E-state index contributed by atoms with van der Waals surface area (Å²) >= 11 is 1.51. The molecule has 1 atom stereocenters. The zero-order valence-corrected chi connectivity index (χ0v) is 14.7. The highest BCUT2D eigenvalue weighted by Crippen LogP contribution is 2.40. The van der Waals surface area contributed by atoms with Crippen molar-refractivity contribution in [1.29, 1.82) is 0 Å². The third-order valence-electron chi connectivity index (χ3n) is 5.00. The first kappa shape index (κ1) is 15.7. The second-order valence-corrected chi connectivity index (χ2v) is 7.64. The average Bonchev–Trinajstić information content (AvgIpc) is 3.10. The van der Waals surface area contributed by atoms with Crippen LogP contribution in [0, 0.1) is 5.92 Å². The van der Waals surface area contributed by atoms with E-state index in [0.29, 0.717) is 5.75 Å². The molecule has 4 rings (SSSR count). The van der Waals surface area contributed by atoms with Crippen LogP contribution >= 0.6 is 11.8 Å². The number of para-hydroxylation sites is 1. The van der Waals surface area contributed by atoms with Gasteiger partial charge in [0.1, 0.15) is 0 Å². The summed E-state index contributed by atoms with van der Waals surface area (Å²) in [5, 5.41) is 7.28. The van der Waals surface area contributed by atoms with E-state index in [4.69, 9.17) is 4.99 Å². The van der Waals surface area contributed by atoms with Crippen LogP contribution in [0.4, 0.5) is 5.69 Å². The van der Waals surface area contributed by atoms with Crippen molar-refractivity contribution in [2.24, 2.45) is 16.0 Å². The Morgan fingerprint density at radius 3 is 2.92 bits per heavy atom. The molecular formula is C18H22N4OS. The Morgan fingerprint density at radius 1 is 1.29 bits per heavy atom.